The van der Waals surface area contributed by atoms with Crippen LogP contribution in [0, 0.1) is 13.8 Å². The van der Waals surface area contributed by atoms with Crippen molar-refractivity contribution in [2.45, 2.75) is 25.3 Å². The second kappa shape index (κ2) is 5.66. The molecular formula is C13H15N3O4S. The van der Waals surface area contributed by atoms with E-state index < -0.39 is 16.0 Å². The highest BCUT2D eigenvalue weighted by atomic mass is 32.2. The fourth-order valence-electron chi connectivity index (χ4n) is 1.98. The Bertz CT molecular complexity index is 767. The van der Waals surface area contributed by atoms with E-state index in [9.17, 15) is 13.2 Å². The summed E-state index contributed by atoms with van der Waals surface area (Å²) in [5.74, 6) is -1.15. The number of hydrogen-bond acceptors (Lipinski definition) is 4. The number of carbonyl (C=O) groups is 1. The molecule has 1 aromatic carbocycles. The zero-order valence-corrected chi connectivity index (χ0v) is 12.4. The highest BCUT2D eigenvalue weighted by Gasteiger charge is 2.20. The van der Waals surface area contributed by atoms with Crippen molar-refractivity contribution in [1.82, 2.24) is 14.9 Å². The van der Waals surface area contributed by atoms with Crippen LogP contribution in [0.25, 0.3) is 0 Å². The van der Waals surface area contributed by atoms with E-state index >= 15 is 0 Å². The predicted molar refractivity (Wildman–Crippen MR) is 75.5 cm³/mol. The second-order valence-corrected chi connectivity index (χ2v) is 6.40. The van der Waals surface area contributed by atoms with Gasteiger partial charge in [-0.3, -0.25) is 5.10 Å². The van der Waals surface area contributed by atoms with Crippen molar-refractivity contribution in [3.63, 3.8) is 0 Å². The molecule has 0 saturated carbocycles. The minimum Gasteiger partial charge on any atom is -0.478 e. The van der Waals surface area contributed by atoms with Crippen LogP contribution in [0.15, 0.2) is 29.4 Å². The fraction of sp³-hybridized carbons (Fsp3) is 0.231. The largest absolute Gasteiger partial charge is 0.478 e. The third-order valence-electron chi connectivity index (χ3n) is 3.06. The van der Waals surface area contributed by atoms with Crippen LogP contribution in [0.1, 0.15) is 27.0 Å². The molecule has 1 aromatic heterocycles. The van der Waals surface area contributed by atoms with E-state index in [4.69, 9.17) is 5.11 Å². The zero-order valence-electron chi connectivity index (χ0n) is 11.5. The van der Waals surface area contributed by atoms with Crippen molar-refractivity contribution in [2.24, 2.45) is 0 Å². The summed E-state index contributed by atoms with van der Waals surface area (Å²) < 4.78 is 27.0. The zero-order chi connectivity index (χ0) is 15.6. The lowest BCUT2D eigenvalue weighted by Crippen LogP contribution is -2.24. The molecule has 0 atom stereocenters. The summed E-state index contributed by atoms with van der Waals surface area (Å²) in [4.78, 5) is 11.1. The molecule has 2 aromatic rings. The van der Waals surface area contributed by atoms with Crippen LogP contribution in [-0.2, 0) is 16.6 Å². The predicted octanol–water partition coefficient (Wildman–Crippen LogP) is 1.20. The third kappa shape index (κ3) is 3.29. The molecule has 21 heavy (non-hydrogen) atoms. The minimum atomic E-state index is -3.79. The SMILES string of the molecule is Cc1cc(C)c(S(=O)(=O)NCc2cn[nH]c2)cc1C(=O)O. The van der Waals surface area contributed by atoms with Gasteiger partial charge in [0.15, 0.2) is 0 Å². The number of hydrogen-bond donors (Lipinski definition) is 3. The number of carboxylic acid groups (broad SMARTS) is 1. The highest BCUT2D eigenvalue weighted by molar-refractivity contribution is 7.89. The number of nitrogens with one attached hydrogen (secondary N) is 2. The number of nitrogens with zero attached hydrogens (tertiary/aromatic N) is 1. The Morgan fingerprint density at radius 3 is 2.62 bits per heavy atom. The lowest BCUT2D eigenvalue weighted by atomic mass is 10.1. The smallest absolute Gasteiger partial charge is 0.335 e. The molecule has 2 rings (SSSR count). The summed E-state index contributed by atoms with van der Waals surface area (Å²) in [5, 5.41) is 15.4. The van der Waals surface area contributed by atoms with Gasteiger partial charge in [-0.2, -0.15) is 5.10 Å². The van der Waals surface area contributed by atoms with Gasteiger partial charge in [-0.1, -0.05) is 6.07 Å². The van der Waals surface area contributed by atoms with E-state index in [1.165, 1.54) is 12.3 Å². The lowest BCUT2D eigenvalue weighted by molar-refractivity contribution is 0.0696. The Balaban J connectivity index is 2.35. The van der Waals surface area contributed by atoms with Crippen LogP contribution >= 0.6 is 0 Å². The van der Waals surface area contributed by atoms with Gasteiger partial charge in [0.05, 0.1) is 16.7 Å². The molecule has 8 heteroatoms. The summed E-state index contributed by atoms with van der Waals surface area (Å²) in [6, 6.07) is 2.74. The Morgan fingerprint density at radius 2 is 2.05 bits per heavy atom. The second-order valence-electron chi connectivity index (χ2n) is 4.67. The van der Waals surface area contributed by atoms with Gasteiger partial charge in [-0.15, -0.1) is 0 Å². The molecule has 0 radical (unpaired) electrons. The number of aryl methyl sites for hydroxylation is 2. The number of benzene rings is 1. The molecule has 0 bridgehead atoms. The van der Waals surface area contributed by atoms with E-state index in [1.54, 1.807) is 26.1 Å². The van der Waals surface area contributed by atoms with Gasteiger partial charge in [0, 0.05) is 18.3 Å². The first kappa shape index (κ1) is 15.2. The van der Waals surface area contributed by atoms with Gasteiger partial charge in [-0.05, 0) is 31.0 Å². The molecule has 0 aliphatic heterocycles. The van der Waals surface area contributed by atoms with Crippen LogP contribution in [0.2, 0.25) is 0 Å². The maximum Gasteiger partial charge on any atom is 0.335 e. The molecular weight excluding hydrogens is 294 g/mol. The van der Waals surface area contributed by atoms with Gasteiger partial charge < -0.3 is 5.11 Å². The molecule has 0 spiro atoms. The molecule has 0 saturated heterocycles. The summed E-state index contributed by atoms with van der Waals surface area (Å²) in [5.41, 5.74) is 1.68. The van der Waals surface area contributed by atoms with Crippen LogP contribution in [0.3, 0.4) is 0 Å². The maximum absolute atomic E-state index is 12.3. The Morgan fingerprint density at radius 1 is 1.33 bits per heavy atom. The molecule has 0 amide bonds. The van der Waals surface area contributed by atoms with E-state index in [-0.39, 0.29) is 17.0 Å². The quantitative estimate of drug-likeness (QED) is 0.768. The number of carboxylic acids is 1. The maximum atomic E-state index is 12.3. The Hall–Kier alpha value is -2.19. The molecule has 0 unspecified atom stereocenters. The first-order valence-electron chi connectivity index (χ1n) is 6.13. The summed E-state index contributed by atoms with van der Waals surface area (Å²) in [6.07, 6.45) is 3.08. The van der Waals surface area contributed by atoms with Crippen molar-refractivity contribution < 1.29 is 18.3 Å². The molecule has 7 nitrogen and oxygen atoms in total. The average molecular weight is 309 g/mol. The number of H-pyrrole nitrogens is 1. The summed E-state index contributed by atoms with van der Waals surface area (Å²) in [7, 11) is -3.79. The molecule has 0 aliphatic carbocycles. The van der Waals surface area contributed by atoms with Gasteiger partial charge >= 0.3 is 5.97 Å². The molecule has 112 valence electrons. The number of aromatic carboxylic acids is 1. The summed E-state index contributed by atoms with van der Waals surface area (Å²) >= 11 is 0. The molecule has 0 fully saturated rings. The monoisotopic (exact) mass is 309 g/mol. The molecule has 3 N–H and O–H groups in total. The van der Waals surface area contributed by atoms with Crippen molar-refractivity contribution in [3.8, 4) is 0 Å². The van der Waals surface area contributed by atoms with E-state index in [1.807, 2.05) is 0 Å². The van der Waals surface area contributed by atoms with E-state index in [0.717, 1.165) is 0 Å². The van der Waals surface area contributed by atoms with Gasteiger partial charge in [0.1, 0.15) is 0 Å². The highest BCUT2D eigenvalue weighted by Crippen LogP contribution is 2.20. The van der Waals surface area contributed by atoms with Crippen molar-refractivity contribution in [3.05, 3.63) is 46.8 Å². The van der Waals surface area contributed by atoms with Crippen LogP contribution in [-0.4, -0.2) is 29.7 Å². The number of aromatic nitrogens is 2. The van der Waals surface area contributed by atoms with Crippen molar-refractivity contribution in [1.29, 1.82) is 0 Å². The van der Waals surface area contributed by atoms with Gasteiger partial charge in [-0.25, -0.2) is 17.9 Å². The number of rotatable bonds is 5. The third-order valence-corrected chi connectivity index (χ3v) is 4.61. The Labute approximate surface area is 122 Å². The first-order valence-corrected chi connectivity index (χ1v) is 7.61. The van der Waals surface area contributed by atoms with Gasteiger partial charge in [0.2, 0.25) is 10.0 Å². The van der Waals surface area contributed by atoms with E-state index in [2.05, 4.69) is 14.9 Å². The van der Waals surface area contributed by atoms with Crippen LogP contribution in [0.5, 0.6) is 0 Å². The molecule has 1 heterocycles. The molecule has 0 aliphatic rings. The Kier molecular flexibility index (Phi) is 4.10. The van der Waals surface area contributed by atoms with Crippen LogP contribution in [0.4, 0.5) is 0 Å². The van der Waals surface area contributed by atoms with Crippen LogP contribution < -0.4 is 4.72 Å². The van der Waals surface area contributed by atoms with Gasteiger partial charge in [0.25, 0.3) is 0 Å². The standard InChI is InChI=1S/C13H15N3O4S/c1-8-3-9(2)12(4-11(8)13(17)18)21(19,20)16-7-10-5-14-15-6-10/h3-6,16H,7H2,1-2H3,(H,14,15)(H,17,18). The number of aromatic amines is 1. The average Bonchev–Trinajstić information content (AvgIpc) is 2.88. The normalized spacial score (nSPS) is 11.5. The fourth-order valence-corrected chi connectivity index (χ4v) is 3.25. The van der Waals surface area contributed by atoms with E-state index in [0.29, 0.717) is 16.7 Å². The topological polar surface area (TPSA) is 112 Å². The number of sulfonamides is 1. The summed E-state index contributed by atoms with van der Waals surface area (Å²) in [6.45, 7) is 3.34. The lowest BCUT2D eigenvalue weighted by Gasteiger charge is -2.11. The van der Waals surface area contributed by atoms with Crippen molar-refractivity contribution in [2.75, 3.05) is 0 Å². The first-order chi connectivity index (χ1) is 9.81. The van der Waals surface area contributed by atoms with Crippen molar-refractivity contribution >= 4 is 16.0 Å². The minimum absolute atomic E-state index is 0.0238.